The highest BCUT2D eigenvalue weighted by Gasteiger charge is 2.27. The number of aryl methyl sites for hydroxylation is 2. The van der Waals surface area contributed by atoms with Crippen molar-refractivity contribution in [3.8, 4) is 10.6 Å². The van der Waals surface area contributed by atoms with Crippen LogP contribution in [0.3, 0.4) is 0 Å². The van der Waals surface area contributed by atoms with Crippen molar-refractivity contribution in [2.45, 2.75) is 45.8 Å². The number of hydrogen-bond donors (Lipinski definition) is 3. The third kappa shape index (κ3) is 3.65. The van der Waals surface area contributed by atoms with Gasteiger partial charge < -0.3 is 5.32 Å². The zero-order valence-electron chi connectivity index (χ0n) is 15.7. The molecule has 4 rings (SSSR count). The van der Waals surface area contributed by atoms with E-state index in [1.54, 1.807) is 17.5 Å². The highest BCUT2D eigenvalue weighted by Crippen LogP contribution is 2.32. The lowest BCUT2D eigenvalue weighted by atomic mass is 10.0. The molecule has 1 aromatic carbocycles. The number of hydrogen-bond acceptors (Lipinski definition) is 5. The van der Waals surface area contributed by atoms with Crippen LogP contribution in [0, 0.1) is 13.8 Å². The Labute approximate surface area is 162 Å². The fourth-order valence-corrected chi connectivity index (χ4v) is 4.45. The van der Waals surface area contributed by atoms with Crippen molar-refractivity contribution in [2.24, 2.45) is 0 Å². The lowest BCUT2D eigenvalue weighted by Crippen LogP contribution is -2.48. The van der Waals surface area contributed by atoms with Crippen LogP contribution in [0.4, 0.5) is 0 Å². The second-order valence-electron chi connectivity index (χ2n) is 7.08. The maximum atomic E-state index is 12.7. The first-order valence-electron chi connectivity index (χ1n) is 9.10. The lowest BCUT2D eigenvalue weighted by molar-refractivity contribution is -0.124. The number of benzene rings is 1. The number of aromatic nitrogens is 3. The van der Waals surface area contributed by atoms with Gasteiger partial charge in [-0.05, 0) is 26.3 Å². The molecule has 7 heteroatoms. The molecule has 1 aliphatic heterocycles. The molecule has 0 spiro atoms. The van der Waals surface area contributed by atoms with Crippen LogP contribution in [0.2, 0.25) is 0 Å². The van der Waals surface area contributed by atoms with E-state index in [9.17, 15) is 4.79 Å². The molecular weight excluding hydrogens is 358 g/mol. The molecule has 3 N–H and O–H groups in total. The summed E-state index contributed by atoms with van der Waals surface area (Å²) in [6.45, 7) is 6.73. The van der Waals surface area contributed by atoms with Crippen molar-refractivity contribution >= 4 is 17.2 Å². The minimum atomic E-state index is -0.234. The third-order valence-electron chi connectivity index (χ3n) is 4.96. The summed E-state index contributed by atoms with van der Waals surface area (Å²) in [6, 6.07) is 8.06. The first-order valence-corrected chi connectivity index (χ1v) is 9.92. The highest BCUT2D eigenvalue weighted by atomic mass is 32.1. The number of carbonyl (C=O) groups is 1. The van der Waals surface area contributed by atoms with E-state index in [1.807, 2.05) is 13.8 Å². The molecule has 0 bridgehead atoms. The molecule has 27 heavy (non-hydrogen) atoms. The zero-order valence-corrected chi connectivity index (χ0v) is 16.5. The van der Waals surface area contributed by atoms with Gasteiger partial charge in [0.25, 0.3) is 0 Å². The van der Waals surface area contributed by atoms with Crippen LogP contribution in [0.1, 0.15) is 40.4 Å². The van der Waals surface area contributed by atoms with Gasteiger partial charge in [-0.25, -0.2) is 4.98 Å². The van der Waals surface area contributed by atoms with Gasteiger partial charge in [0.2, 0.25) is 5.91 Å². The molecule has 0 aliphatic carbocycles. The van der Waals surface area contributed by atoms with E-state index in [0.29, 0.717) is 13.0 Å². The van der Waals surface area contributed by atoms with E-state index in [4.69, 9.17) is 4.98 Å². The second kappa shape index (κ2) is 7.25. The Hall–Kier alpha value is -2.51. The van der Waals surface area contributed by atoms with Gasteiger partial charge in [0.05, 0.1) is 34.5 Å². The standard InChI is InChI=1S/C20H23N5OS/c1-11-4-6-14(7-5-11)20-24-13(3)18(27-20)12(2)23-19(26)16-8-15-9-22-25-17(15)10-21-16/h4-7,9,12,16,21H,8,10H2,1-3H3,(H,22,25)(H,23,26). The molecule has 2 atom stereocenters. The Morgan fingerprint density at radius 1 is 1.30 bits per heavy atom. The number of thiazole rings is 1. The van der Waals surface area contributed by atoms with Crippen molar-refractivity contribution in [3.63, 3.8) is 0 Å². The molecule has 1 aliphatic rings. The Kier molecular flexibility index (Phi) is 4.80. The van der Waals surface area contributed by atoms with E-state index in [-0.39, 0.29) is 18.0 Å². The minimum absolute atomic E-state index is 0.0130. The summed E-state index contributed by atoms with van der Waals surface area (Å²) in [6.07, 6.45) is 2.46. The average Bonchev–Trinajstić information content (AvgIpc) is 3.28. The quantitative estimate of drug-likeness (QED) is 0.649. The van der Waals surface area contributed by atoms with Crippen LogP contribution in [-0.4, -0.2) is 27.1 Å². The summed E-state index contributed by atoms with van der Waals surface area (Å²) >= 11 is 1.64. The van der Waals surface area contributed by atoms with Gasteiger partial charge in [0, 0.05) is 18.5 Å². The van der Waals surface area contributed by atoms with Crippen molar-refractivity contribution in [1.29, 1.82) is 0 Å². The van der Waals surface area contributed by atoms with Crippen molar-refractivity contribution < 1.29 is 4.79 Å². The Balaban J connectivity index is 1.46. The predicted octanol–water partition coefficient (Wildman–Crippen LogP) is 3.04. The van der Waals surface area contributed by atoms with Crippen LogP contribution in [0.5, 0.6) is 0 Å². The van der Waals surface area contributed by atoms with Gasteiger partial charge in [0.15, 0.2) is 0 Å². The summed E-state index contributed by atoms with van der Waals surface area (Å²) in [4.78, 5) is 18.5. The number of H-pyrrole nitrogens is 1. The summed E-state index contributed by atoms with van der Waals surface area (Å²) in [5.41, 5.74) is 5.48. The molecule has 140 valence electrons. The molecule has 6 nitrogen and oxygen atoms in total. The fraction of sp³-hybridized carbons (Fsp3) is 0.350. The molecule has 0 saturated heterocycles. The molecule has 2 aromatic heterocycles. The van der Waals surface area contributed by atoms with Gasteiger partial charge in [0.1, 0.15) is 5.01 Å². The van der Waals surface area contributed by atoms with Gasteiger partial charge in [-0.2, -0.15) is 5.10 Å². The van der Waals surface area contributed by atoms with Crippen LogP contribution in [-0.2, 0) is 17.8 Å². The first-order chi connectivity index (χ1) is 13.0. The molecule has 0 fully saturated rings. The highest BCUT2D eigenvalue weighted by molar-refractivity contribution is 7.15. The molecule has 0 saturated carbocycles. The predicted molar refractivity (Wildman–Crippen MR) is 107 cm³/mol. The number of nitrogens with zero attached hydrogens (tertiary/aromatic N) is 2. The van der Waals surface area contributed by atoms with E-state index in [0.717, 1.165) is 32.4 Å². The summed E-state index contributed by atoms with van der Waals surface area (Å²) < 4.78 is 0. The molecule has 3 aromatic rings. The van der Waals surface area contributed by atoms with E-state index in [1.165, 1.54) is 5.56 Å². The third-order valence-corrected chi connectivity index (χ3v) is 6.35. The molecule has 0 radical (unpaired) electrons. The largest absolute Gasteiger partial charge is 0.347 e. The summed E-state index contributed by atoms with van der Waals surface area (Å²) in [7, 11) is 0. The summed E-state index contributed by atoms with van der Waals surface area (Å²) in [5.74, 6) is 0.0130. The SMILES string of the molecule is Cc1ccc(-c2nc(C)c(C(C)NC(=O)C3Cc4cn[nH]c4CN3)s2)cc1. The van der Waals surface area contributed by atoms with Gasteiger partial charge in [-0.3, -0.25) is 15.2 Å². The number of carbonyl (C=O) groups excluding carboxylic acids is 1. The maximum Gasteiger partial charge on any atom is 0.237 e. The second-order valence-corrected chi connectivity index (χ2v) is 8.11. The molecular formula is C20H23N5OS. The average molecular weight is 382 g/mol. The smallest absolute Gasteiger partial charge is 0.237 e. The summed E-state index contributed by atoms with van der Waals surface area (Å²) in [5, 5.41) is 14.4. The van der Waals surface area contributed by atoms with E-state index < -0.39 is 0 Å². The van der Waals surface area contributed by atoms with Crippen molar-refractivity contribution in [1.82, 2.24) is 25.8 Å². The van der Waals surface area contributed by atoms with Gasteiger partial charge >= 0.3 is 0 Å². The van der Waals surface area contributed by atoms with E-state index >= 15 is 0 Å². The van der Waals surface area contributed by atoms with Crippen LogP contribution in [0.25, 0.3) is 10.6 Å². The van der Waals surface area contributed by atoms with Gasteiger partial charge in [-0.1, -0.05) is 29.8 Å². The molecule has 2 unspecified atom stereocenters. The molecule has 1 amide bonds. The van der Waals surface area contributed by atoms with Crippen LogP contribution >= 0.6 is 11.3 Å². The number of nitrogens with one attached hydrogen (secondary N) is 3. The Morgan fingerprint density at radius 3 is 2.85 bits per heavy atom. The van der Waals surface area contributed by atoms with Gasteiger partial charge in [-0.15, -0.1) is 11.3 Å². The lowest BCUT2D eigenvalue weighted by Gasteiger charge is -2.24. The normalized spacial score (nSPS) is 17.4. The number of fused-ring (bicyclic) bond motifs is 1. The fourth-order valence-electron chi connectivity index (χ4n) is 3.38. The van der Waals surface area contributed by atoms with E-state index in [2.05, 4.69) is 52.0 Å². The maximum absolute atomic E-state index is 12.7. The van der Waals surface area contributed by atoms with Crippen LogP contribution < -0.4 is 10.6 Å². The first kappa shape index (κ1) is 17.9. The molecule has 3 heterocycles. The number of aromatic amines is 1. The topological polar surface area (TPSA) is 82.7 Å². The monoisotopic (exact) mass is 381 g/mol. The van der Waals surface area contributed by atoms with Crippen molar-refractivity contribution in [3.05, 3.63) is 57.9 Å². The Morgan fingerprint density at radius 2 is 2.07 bits per heavy atom. The number of rotatable bonds is 4. The zero-order chi connectivity index (χ0) is 19.0. The minimum Gasteiger partial charge on any atom is -0.347 e. The number of amides is 1. The Bertz CT molecular complexity index is 959. The van der Waals surface area contributed by atoms with Crippen LogP contribution in [0.15, 0.2) is 30.5 Å². The van der Waals surface area contributed by atoms with Crippen molar-refractivity contribution in [2.75, 3.05) is 0 Å².